The highest BCUT2D eigenvalue weighted by Crippen LogP contribution is 2.11. The molecule has 0 N–H and O–H groups in total. The van der Waals surface area contributed by atoms with Crippen molar-refractivity contribution in [1.82, 2.24) is 19.7 Å². The summed E-state index contributed by atoms with van der Waals surface area (Å²) in [4.78, 5) is 8.46. The zero-order valence-electron chi connectivity index (χ0n) is 7.37. The summed E-state index contributed by atoms with van der Waals surface area (Å²) in [7, 11) is 1.89. The molecule has 0 aliphatic heterocycles. The lowest BCUT2D eigenvalue weighted by Crippen LogP contribution is -1.91. The van der Waals surface area contributed by atoms with Crippen LogP contribution in [0.4, 0.5) is 0 Å². The molecule has 2 rings (SSSR count). The first kappa shape index (κ1) is 7.21. The van der Waals surface area contributed by atoms with Gasteiger partial charge in [0.1, 0.15) is 5.82 Å². The zero-order valence-corrected chi connectivity index (χ0v) is 7.37. The molecule has 0 unspecified atom stereocenters. The molecule has 0 atom stereocenters. The third kappa shape index (κ3) is 0.958. The molecule has 4 nitrogen and oxygen atoms in total. The summed E-state index contributed by atoms with van der Waals surface area (Å²) < 4.78 is 1.76. The van der Waals surface area contributed by atoms with Crippen molar-refractivity contribution in [3.05, 3.63) is 17.7 Å². The molecule has 4 heteroatoms. The van der Waals surface area contributed by atoms with Crippen molar-refractivity contribution in [3.8, 4) is 0 Å². The second-order valence-electron chi connectivity index (χ2n) is 2.90. The van der Waals surface area contributed by atoms with Crippen LogP contribution in [0.2, 0.25) is 0 Å². The molecular formula is C8H10N4. The maximum absolute atomic E-state index is 4.25. The van der Waals surface area contributed by atoms with E-state index in [1.165, 1.54) is 0 Å². The second-order valence-corrected chi connectivity index (χ2v) is 2.90. The molecule has 0 aliphatic carbocycles. The Hall–Kier alpha value is -1.45. The molecule has 2 aromatic rings. The third-order valence-electron chi connectivity index (χ3n) is 1.80. The predicted molar refractivity (Wildman–Crippen MR) is 45.8 cm³/mol. The lowest BCUT2D eigenvalue weighted by Gasteiger charge is -1.93. The van der Waals surface area contributed by atoms with Gasteiger partial charge >= 0.3 is 0 Å². The summed E-state index contributed by atoms with van der Waals surface area (Å²) in [5, 5.41) is 5.23. The Balaban J connectivity index is 2.88. The van der Waals surface area contributed by atoms with E-state index in [2.05, 4.69) is 15.1 Å². The normalized spacial score (nSPS) is 10.9. The van der Waals surface area contributed by atoms with Crippen LogP contribution in [0.3, 0.4) is 0 Å². The van der Waals surface area contributed by atoms with Crippen LogP contribution in [0, 0.1) is 13.8 Å². The van der Waals surface area contributed by atoms with Crippen molar-refractivity contribution in [2.24, 2.45) is 7.05 Å². The fourth-order valence-electron chi connectivity index (χ4n) is 1.30. The maximum atomic E-state index is 4.25. The molecule has 0 bridgehead atoms. The summed E-state index contributed by atoms with van der Waals surface area (Å²) in [5.41, 5.74) is 1.77. The molecular weight excluding hydrogens is 152 g/mol. The molecule has 12 heavy (non-hydrogen) atoms. The standard InChI is InChI=1S/C8H10N4/c1-5-7-4-12(3)11-8(7)10-6(2)9-5/h4H,1-3H3. The Morgan fingerprint density at radius 1 is 1.25 bits per heavy atom. The number of hydrogen-bond acceptors (Lipinski definition) is 3. The van der Waals surface area contributed by atoms with Gasteiger partial charge < -0.3 is 0 Å². The Morgan fingerprint density at radius 2 is 2.00 bits per heavy atom. The zero-order chi connectivity index (χ0) is 8.72. The molecule has 0 aromatic carbocycles. The second kappa shape index (κ2) is 2.27. The number of fused-ring (bicyclic) bond motifs is 1. The average molecular weight is 162 g/mol. The molecule has 0 saturated heterocycles. The van der Waals surface area contributed by atoms with E-state index >= 15 is 0 Å². The van der Waals surface area contributed by atoms with Gasteiger partial charge in [-0.2, -0.15) is 5.10 Å². The quantitative estimate of drug-likeness (QED) is 0.580. The van der Waals surface area contributed by atoms with Gasteiger partial charge in [-0.25, -0.2) is 9.97 Å². The minimum atomic E-state index is 0.777. The Bertz CT molecular complexity index is 430. The van der Waals surface area contributed by atoms with E-state index in [1.54, 1.807) is 4.68 Å². The number of nitrogens with zero attached hydrogens (tertiary/aromatic N) is 4. The minimum Gasteiger partial charge on any atom is -0.273 e. The van der Waals surface area contributed by atoms with E-state index in [0.717, 1.165) is 22.6 Å². The fraction of sp³-hybridized carbons (Fsp3) is 0.375. The van der Waals surface area contributed by atoms with Crippen molar-refractivity contribution in [2.45, 2.75) is 13.8 Å². The molecule has 0 amide bonds. The van der Waals surface area contributed by atoms with Gasteiger partial charge in [-0.05, 0) is 13.8 Å². The average Bonchev–Trinajstić information content (AvgIpc) is 2.29. The van der Waals surface area contributed by atoms with Crippen molar-refractivity contribution in [2.75, 3.05) is 0 Å². The Labute approximate surface area is 70.3 Å². The first-order chi connectivity index (χ1) is 5.66. The highest BCUT2D eigenvalue weighted by Gasteiger charge is 2.04. The SMILES string of the molecule is Cc1nc(C)c2cn(C)nc2n1. The monoisotopic (exact) mass is 162 g/mol. The van der Waals surface area contributed by atoms with Gasteiger partial charge in [0.15, 0.2) is 5.65 Å². The van der Waals surface area contributed by atoms with E-state index in [9.17, 15) is 0 Å². The summed E-state index contributed by atoms with van der Waals surface area (Å²) in [6.07, 6.45) is 1.93. The van der Waals surface area contributed by atoms with Crippen LogP contribution < -0.4 is 0 Å². The maximum Gasteiger partial charge on any atom is 0.184 e. The number of hydrogen-bond donors (Lipinski definition) is 0. The van der Waals surface area contributed by atoms with Gasteiger partial charge in [-0.15, -0.1) is 0 Å². The lowest BCUT2D eigenvalue weighted by atomic mass is 10.3. The fourth-order valence-corrected chi connectivity index (χ4v) is 1.30. The Morgan fingerprint density at radius 3 is 2.75 bits per heavy atom. The predicted octanol–water partition coefficient (Wildman–Crippen LogP) is 0.980. The topological polar surface area (TPSA) is 43.6 Å². The van der Waals surface area contributed by atoms with Gasteiger partial charge in [-0.1, -0.05) is 0 Å². The van der Waals surface area contributed by atoms with Gasteiger partial charge in [0.25, 0.3) is 0 Å². The van der Waals surface area contributed by atoms with Crippen molar-refractivity contribution >= 4 is 11.0 Å². The first-order valence-corrected chi connectivity index (χ1v) is 3.81. The van der Waals surface area contributed by atoms with Crippen LogP contribution in [0.25, 0.3) is 11.0 Å². The van der Waals surface area contributed by atoms with Crippen molar-refractivity contribution in [3.63, 3.8) is 0 Å². The van der Waals surface area contributed by atoms with Crippen LogP contribution in [0.15, 0.2) is 6.20 Å². The molecule has 2 heterocycles. The van der Waals surface area contributed by atoms with Gasteiger partial charge in [0.05, 0.1) is 11.1 Å². The van der Waals surface area contributed by atoms with E-state index in [-0.39, 0.29) is 0 Å². The summed E-state index contributed by atoms with van der Waals surface area (Å²) in [6, 6.07) is 0. The van der Waals surface area contributed by atoms with Crippen LogP contribution in [0.5, 0.6) is 0 Å². The van der Waals surface area contributed by atoms with Crippen LogP contribution in [-0.4, -0.2) is 19.7 Å². The lowest BCUT2D eigenvalue weighted by molar-refractivity contribution is 0.775. The van der Waals surface area contributed by atoms with Crippen LogP contribution in [-0.2, 0) is 7.05 Å². The molecule has 0 spiro atoms. The highest BCUT2D eigenvalue weighted by molar-refractivity contribution is 5.76. The van der Waals surface area contributed by atoms with Crippen LogP contribution in [0.1, 0.15) is 11.5 Å². The van der Waals surface area contributed by atoms with E-state index in [1.807, 2.05) is 27.1 Å². The highest BCUT2D eigenvalue weighted by atomic mass is 15.3. The number of aromatic nitrogens is 4. The van der Waals surface area contributed by atoms with Gasteiger partial charge in [0, 0.05) is 13.2 Å². The van der Waals surface area contributed by atoms with Crippen LogP contribution >= 0.6 is 0 Å². The van der Waals surface area contributed by atoms with Gasteiger partial charge in [-0.3, -0.25) is 4.68 Å². The number of rotatable bonds is 0. The Kier molecular flexibility index (Phi) is 1.36. The van der Waals surface area contributed by atoms with E-state index in [4.69, 9.17) is 0 Å². The summed E-state index contributed by atoms with van der Waals surface area (Å²) in [6.45, 7) is 3.85. The minimum absolute atomic E-state index is 0.777. The third-order valence-corrected chi connectivity index (χ3v) is 1.80. The molecule has 2 aromatic heterocycles. The van der Waals surface area contributed by atoms with Gasteiger partial charge in [0.2, 0.25) is 0 Å². The molecule has 0 fully saturated rings. The summed E-state index contributed by atoms with van der Waals surface area (Å²) >= 11 is 0. The van der Waals surface area contributed by atoms with E-state index in [0.29, 0.717) is 0 Å². The molecule has 0 aliphatic rings. The molecule has 0 radical (unpaired) electrons. The smallest absolute Gasteiger partial charge is 0.184 e. The molecule has 0 saturated carbocycles. The van der Waals surface area contributed by atoms with Crippen molar-refractivity contribution in [1.29, 1.82) is 0 Å². The first-order valence-electron chi connectivity index (χ1n) is 3.81. The molecule has 62 valence electrons. The summed E-state index contributed by atoms with van der Waals surface area (Å²) in [5.74, 6) is 0.777. The van der Waals surface area contributed by atoms with Crippen molar-refractivity contribution < 1.29 is 0 Å². The van der Waals surface area contributed by atoms with E-state index < -0.39 is 0 Å². The largest absolute Gasteiger partial charge is 0.273 e. The number of aryl methyl sites for hydroxylation is 3.